The summed E-state index contributed by atoms with van der Waals surface area (Å²) in [6, 6.07) is 0. The minimum Gasteiger partial charge on any atom is -0.0654 e. The molecule has 20 heavy (non-hydrogen) atoms. The SMILES string of the molecule is CCCC(C)C(C)C(C)(CC)CCCC(C)C(C)CC. The van der Waals surface area contributed by atoms with Gasteiger partial charge in [-0.1, -0.05) is 93.9 Å². The van der Waals surface area contributed by atoms with Gasteiger partial charge in [-0.15, -0.1) is 0 Å². The molecule has 0 saturated carbocycles. The van der Waals surface area contributed by atoms with Crippen molar-refractivity contribution >= 4 is 0 Å². The van der Waals surface area contributed by atoms with Crippen LogP contribution in [0.4, 0.5) is 0 Å². The predicted octanol–water partition coefficient (Wildman–Crippen LogP) is 7.33. The summed E-state index contributed by atoms with van der Waals surface area (Å²) in [5.41, 5.74) is 0.545. The zero-order valence-electron chi connectivity index (χ0n) is 15.8. The molecule has 0 N–H and O–H groups in total. The van der Waals surface area contributed by atoms with Gasteiger partial charge in [0.2, 0.25) is 0 Å². The summed E-state index contributed by atoms with van der Waals surface area (Å²) in [6.45, 7) is 19.4. The highest BCUT2D eigenvalue weighted by Gasteiger charge is 2.32. The summed E-state index contributed by atoms with van der Waals surface area (Å²) in [5, 5.41) is 0. The summed E-state index contributed by atoms with van der Waals surface area (Å²) in [4.78, 5) is 0. The van der Waals surface area contributed by atoms with Gasteiger partial charge in [-0.25, -0.2) is 0 Å². The van der Waals surface area contributed by atoms with Crippen LogP contribution in [0.2, 0.25) is 0 Å². The first-order valence-corrected chi connectivity index (χ1v) is 9.32. The molecule has 0 aromatic rings. The van der Waals surface area contributed by atoms with E-state index in [-0.39, 0.29) is 0 Å². The van der Waals surface area contributed by atoms with E-state index in [4.69, 9.17) is 0 Å². The first-order chi connectivity index (χ1) is 9.32. The molecule has 0 aliphatic heterocycles. The van der Waals surface area contributed by atoms with E-state index in [0.717, 1.165) is 23.7 Å². The van der Waals surface area contributed by atoms with E-state index < -0.39 is 0 Å². The fourth-order valence-corrected chi connectivity index (χ4v) is 3.63. The molecule has 0 amide bonds. The van der Waals surface area contributed by atoms with Crippen LogP contribution in [0.15, 0.2) is 0 Å². The summed E-state index contributed by atoms with van der Waals surface area (Å²) < 4.78 is 0. The van der Waals surface area contributed by atoms with Gasteiger partial charge in [0.25, 0.3) is 0 Å². The highest BCUT2D eigenvalue weighted by atomic mass is 14.4. The molecule has 0 nitrogen and oxygen atoms in total. The van der Waals surface area contributed by atoms with Gasteiger partial charge in [-0.3, -0.25) is 0 Å². The third kappa shape index (κ3) is 6.19. The molecule has 122 valence electrons. The smallest absolute Gasteiger partial charge is 0.0300 e. The number of rotatable bonds is 11. The van der Waals surface area contributed by atoms with Gasteiger partial charge in [0, 0.05) is 0 Å². The Balaban J connectivity index is 4.37. The van der Waals surface area contributed by atoms with Crippen molar-refractivity contribution in [1.29, 1.82) is 0 Å². The van der Waals surface area contributed by atoms with Crippen molar-refractivity contribution < 1.29 is 0 Å². The lowest BCUT2D eigenvalue weighted by Crippen LogP contribution is -2.29. The summed E-state index contributed by atoms with van der Waals surface area (Å²) >= 11 is 0. The third-order valence-corrected chi connectivity index (χ3v) is 6.53. The van der Waals surface area contributed by atoms with Crippen LogP contribution in [-0.4, -0.2) is 0 Å². The van der Waals surface area contributed by atoms with E-state index in [1.54, 1.807) is 0 Å². The lowest BCUT2D eigenvalue weighted by Gasteiger charge is -2.39. The molecule has 0 aliphatic rings. The maximum atomic E-state index is 2.54. The van der Waals surface area contributed by atoms with E-state index >= 15 is 0 Å². The minimum atomic E-state index is 0.545. The van der Waals surface area contributed by atoms with Gasteiger partial charge in [0.15, 0.2) is 0 Å². The Hall–Kier alpha value is 0. The zero-order chi connectivity index (χ0) is 15.8. The number of hydrogen-bond acceptors (Lipinski definition) is 0. The predicted molar refractivity (Wildman–Crippen MR) is 94.1 cm³/mol. The highest BCUT2D eigenvalue weighted by molar-refractivity contribution is 4.82. The van der Waals surface area contributed by atoms with Crippen molar-refractivity contribution in [2.24, 2.45) is 29.1 Å². The first-order valence-electron chi connectivity index (χ1n) is 9.32. The van der Waals surface area contributed by atoms with Crippen molar-refractivity contribution in [3.63, 3.8) is 0 Å². The van der Waals surface area contributed by atoms with Crippen molar-refractivity contribution in [2.45, 2.75) is 100 Å². The van der Waals surface area contributed by atoms with Crippen LogP contribution in [0.3, 0.4) is 0 Å². The Kier molecular flexibility index (Phi) is 9.85. The van der Waals surface area contributed by atoms with Crippen LogP contribution in [0.1, 0.15) is 100 Å². The van der Waals surface area contributed by atoms with E-state index in [1.165, 1.54) is 44.9 Å². The molecule has 0 radical (unpaired) electrons. The molecular weight excluding hydrogens is 240 g/mol. The standard InChI is InChI=1S/C20H42/c1-9-13-18(6)19(7)20(8,11-3)15-12-14-17(5)16(4)10-2/h16-19H,9-15H2,1-8H3. The Morgan fingerprint density at radius 3 is 1.85 bits per heavy atom. The van der Waals surface area contributed by atoms with Gasteiger partial charge in [0.05, 0.1) is 0 Å². The molecule has 0 aromatic heterocycles. The Morgan fingerprint density at radius 2 is 1.40 bits per heavy atom. The van der Waals surface area contributed by atoms with Crippen LogP contribution in [0.5, 0.6) is 0 Å². The summed E-state index contributed by atoms with van der Waals surface area (Å²) in [6.07, 6.45) is 9.63. The van der Waals surface area contributed by atoms with E-state index in [9.17, 15) is 0 Å². The normalized spacial score (nSPS) is 21.0. The first kappa shape index (κ1) is 20.0. The van der Waals surface area contributed by atoms with E-state index in [0.29, 0.717) is 5.41 Å². The monoisotopic (exact) mass is 282 g/mol. The lowest BCUT2D eigenvalue weighted by molar-refractivity contribution is 0.112. The molecule has 0 spiro atoms. The highest BCUT2D eigenvalue weighted by Crippen LogP contribution is 2.42. The molecule has 0 heterocycles. The van der Waals surface area contributed by atoms with Gasteiger partial charge >= 0.3 is 0 Å². The topological polar surface area (TPSA) is 0 Å². The maximum absolute atomic E-state index is 2.54. The minimum absolute atomic E-state index is 0.545. The maximum Gasteiger partial charge on any atom is -0.0300 e. The van der Waals surface area contributed by atoms with Crippen molar-refractivity contribution in [2.75, 3.05) is 0 Å². The molecule has 0 saturated heterocycles. The number of hydrogen-bond donors (Lipinski definition) is 0. The van der Waals surface area contributed by atoms with Crippen LogP contribution in [0, 0.1) is 29.1 Å². The van der Waals surface area contributed by atoms with Crippen LogP contribution >= 0.6 is 0 Å². The van der Waals surface area contributed by atoms with Crippen LogP contribution < -0.4 is 0 Å². The third-order valence-electron chi connectivity index (χ3n) is 6.53. The van der Waals surface area contributed by atoms with Crippen molar-refractivity contribution in [3.8, 4) is 0 Å². The quantitative estimate of drug-likeness (QED) is 0.372. The van der Waals surface area contributed by atoms with Crippen LogP contribution in [0.25, 0.3) is 0 Å². The molecule has 0 aliphatic carbocycles. The van der Waals surface area contributed by atoms with E-state index in [1.807, 2.05) is 0 Å². The lowest BCUT2D eigenvalue weighted by atomic mass is 9.66. The summed E-state index contributed by atoms with van der Waals surface area (Å²) in [7, 11) is 0. The second-order valence-electron chi connectivity index (χ2n) is 7.82. The molecule has 5 atom stereocenters. The van der Waals surface area contributed by atoms with Crippen molar-refractivity contribution in [1.82, 2.24) is 0 Å². The van der Waals surface area contributed by atoms with Crippen LogP contribution in [-0.2, 0) is 0 Å². The Labute approximate surface area is 130 Å². The van der Waals surface area contributed by atoms with Gasteiger partial charge < -0.3 is 0 Å². The van der Waals surface area contributed by atoms with Gasteiger partial charge in [0.1, 0.15) is 0 Å². The molecule has 0 bridgehead atoms. The Morgan fingerprint density at radius 1 is 0.800 bits per heavy atom. The zero-order valence-corrected chi connectivity index (χ0v) is 15.8. The van der Waals surface area contributed by atoms with Gasteiger partial charge in [-0.2, -0.15) is 0 Å². The van der Waals surface area contributed by atoms with Gasteiger partial charge in [-0.05, 0) is 35.5 Å². The fourth-order valence-electron chi connectivity index (χ4n) is 3.63. The molecule has 0 aromatic carbocycles. The largest absolute Gasteiger partial charge is 0.0654 e. The molecule has 0 heteroatoms. The average molecular weight is 283 g/mol. The molecule has 5 unspecified atom stereocenters. The summed E-state index contributed by atoms with van der Waals surface area (Å²) in [5.74, 6) is 3.51. The molecule has 0 rings (SSSR count). The molecular formula is C20H42. The van der Waals surface area contributed by atoms with Crippen molar-refractivity contribution in [3.05, 3.63) is 0 Å². The Bertz CT molecular complexity index is 232. The van der Waals surface area contributed by atoms with E-state index in [2.05, 4.69) is 55.4 Å². The average Bonchev–Trinajstić information content (AvgIpc) is 2.45. The second-order valence-corrected chi connectivity index (χ2v) is 7.82. The molecule has 0 fully saturated rings. The second kappa shape index (κ2) is 9.85. The fraction of sp³-hybridized carbons (Fsp3) is 1.00.